The monoisotopic (exact) mass is 243 g/mol. The highest BCUT2D eigenvalue weighted by Gasteiger charge is 2.02. The number of hydrogen-bond donors (Lipinski definition) is 0. The van der Waals surface area contributed by atoms with Gasteiger partial charge < -0.3 is 14.6 Å². The van der Waals surface area contributed by atoms with Crippen molar-refractivity contribution in [1.82, 2.24) is 0 Å². The van der Waals surface area contributed by atoms with Gasteiger partial charge in [0.2, 0.25) is 0 Å². The summed E-state index contributed by atoms with van der Waals surface area (Å²) in [7, 11) is 0. The molecule has 100 valence electrons. The molecule has 17 heavy (non-hydrogen) atoms. The highest BCUT2D eigenvalue weighted by molar-refractivity contribution is 5.69. The molecule has 0 fully saturated rings. The van der Waals surface area contributed by atoms with Crippen LogP contribution >= 0.6 is 0 Å². The second kappa shape index (κ2) is 11.4. The summed E-state index contributed by atoms with van der Waals surface area (Å²) in [5.74, 6) is -1.20. The van der Waals surface area contributed by atoms with E-state index in [1.807, 2.05) is 0 Å². The lowest BCUT2D eigenvalue weighted by Crippen LogP contribution is -2.21. The van der Waals surface area contributed by atoms with E-state index in [1.165, 1.54) is 12.8 Å². The molecule has 0 radical (unpaired) electrons. The Bertz CT molecular complexity index is 213. The predicted molar refractivity (Wildman–Crippen MR) is 63.2 cm³/mol. The summed E-state index contributed by atoms with van der Waals surface area (Å²) in [4.78, 5) is 21.3. The molecule has 0 aliphatic carbocycles. The van der Waals surface area contributed by atoms with Gasteiger partial charge in [-0.05, 0) is 25.7 Å². The van der Waals surface area contributed by atoms with Gasteiger partial charge in [-0.15, -0.1) is 0 Å². The van der Waals surface area contributed by atoms with Crippen LogP contribution in [0, 0.1) is 0 Å². The Morgan fingerprint density at radius 3 is 2.24 bits per heavy atom. The minimum absolute atomic E-state index is 0.0755. The number of rotatable bonds is 11. The molecular weight excluding hydrogens is 220 g/mol. The SMILES string of the molecule is CCCCCCOC(=O)CCCCCC(=O)[O-]. The number of carbonyl (C=O) groups excluding carboxylic acids is 2. The Morgan fingerprint density at radius 2 is 1.59 bits per heavy atom. The number of aliphatic carboxylic acids is 1. The Hall–Kier alpha value is -1.06. The summed E-state index contributed by atoms with van der Waals surface area (Å²) < 4.78 is 5.05. The van der Waals surface area contributed by atoms with E-state index in [2.05, 4.69) is 6.92 Å². The van der Waals surface area contributed by atoms with Crippen molar-refractivity contribution in [2.45, 2.75) is 64.7 Å². The predicted octanol–water partition coefficient (Wildman–Crippen LogP) is 1.81. The molecule has 0 aromatic carbocycles. The Balaban J connectivity index is 3.20. The quantitative estimate of drug-likeness (QED) is 0.410. The van der Waals surface area contributed by atoms with Gasteiger partial charge in [0.05, 0.1) is 6.61 Å². The standard InChI is InChI=1S/C13H24O4/c1-2-3-4-8-11-17-13(16)10-7-5-6-9-12(14)15/h2-11H2,1H3,(H,14,15)/p-1. The van der Waals surface area contributed by atoms with Crippen molar-refractivity contribution < 1.29 is 19.4 Å². The van der Waals surface area contributed by atoms with Crippen LogP contribution in [0.1, 0.15) is 64.7 Å². The lowest BCUT2D eigenvalue weighted by atomic mass is 10.1. The van der Waals surface area contributed by atoms with Crippen LogP contribution in [0.5, 0.6) is 0 Å². The van der Waals surface area contributed by atoms with Crippen LogP contribution in [0.2, 0.25) is 0 Å². The van der Waals surface area contributed by atoms with E-state index < -0.39 is 5.97 Å². The third kappa shape index (κ3) is 12.9. The minimum atomic E-state index is -1.02. The molecule has 0 N–H and O–H groups in total. The molecule has 0 aliphatic heterocycles. The maximum Gasteiger partial charge on any atom is 0.305 e. The molecule has 0 rings (SSSR count). The van der Waals surface area contributed by atoms with Crippen LogP contribution < -0.4 is 5.11 Å². The van der Waals surface area contributed by atoms with Gasteiger partial charge in [0, 0.05) is 12.4 Å². The fourth-order valence-corrected chi connectivity index (χ4v) is 1.50. The number of hydrogen-bond acceptors (Lipinski definition) is 4. The van der Waals surface area contributed by atoms with Gasteiger partial charge in [-0.25, -0.2) is 0 Å². The van der Waals surface area contributed by atoms with Crippen LogP contribution in [-0.2, 0) is 14.3 Å². The lowest BCUT2D eigenvalue weighted by Gasteiger charge is -2.05. The van der Waals surface area contributed by atoms with Crippen LogP contribution in [-0.4, -0.2) is 18.5 Å². The number of esters is 1. The lowest BCUT2D eigenvalue weighted by molar-refractivity contribution is -0.305. The normalized spacial score (nSPS) is 10.2. The van der Waals surface area contributed by atoms with E-state index in [-0.39, 0.29) is 12.4 Å². The Labute approximate surface area is 103 Å². The highest BCUT2D eigenvalue weighted by atomic mass is 16.5. The topological polar surface area (TPSA) is 66.4 Å². The van der Waals surface area contributed by atoms with Gasteiger partial charge in [-0.1, -0.05) is 32.6 Å². The summed E-state index contributed by atoms with van der Waals surface area (Å²) in [6.07, 6.45) is 6.87. The molecule has 0 spiro atoms. The molecule has 0 heterocycles. The van der Waals surface area contributed by atoms with Crippen molar-refractivity contribution in [2.75, 3.05) is 6.61 Å². The molecule has 0 saturated heterocycles. The van der Waals surface area contributed by atoms with E-state index in [0.717, 1.165) is 19.3 Å². The third-order valence-electron chi connectivity index (χ3n) is 2.52. The van der Waals surface area contributed by atoms with Crippen molar-refractivity contribution in [3.8, 4) is 0 Å². The van der Waals surface area contributed by atoms with Gasteiger partial charge in [-0.3, -0.25) is 4.79 Å². The van der Waals surface area contributed by atoms with Gasteiger partial charge in [0.15, 0.2) is 0 Å². The van der Waals surface area contributed by atoms with E-state index in [0.29, 0.717) is 25.9 Å². The molecule has 0 atom stereocenters. The summed E-state index contributed by atoms with van der Waals surface area (Å²) in [5, 5.41) is 10.1. The maximum absolute atomic E-state index is 11.2. The first-order valence-electron chi connectivity index (χ1n) is 6.52. The zero-order valence-corrected chi connectivity index (χ0v) is 10.7. The van der Waals surface area contributed by atoms with Gasteiger partial charge in [0.25, 0.3) is 0 Å². The van der Waals surface area contributed by atoms with E-state index in [4.69, 9.17) is 4.74 Å². The molecule has 0 aromatic rings. The number of ether oxygens (including phenoxy) is 1. The molecule has 0 saturated carbocycles. The van der Waals surface area contributed by atoms with Gasteiger partial charge in [-0.2, -0.15) is 0 Å². The summed E-state index contributed by atoms with van der Waals surface area (Å²) >= 11 is 0. The second-order valence-electron chi connectivity index (χ2n) is 4.21. The smallest absolute Gasteiger partial charge is 0.305 e. The van der Waals surface area contributed by atoms with Crippen molar-refractivity contribution in [2.24, 2.45) is 0 Å². The largest absolute Gasteiger partial charge is 0.550 e. The highest BCUT2D eigenvalue weighted by Crippen LogP contribution is 2.05. The number of carbonyl (C=O) groups is 2. The van der Waals surface area contributed by atoms with Crippen LogP contribution in [0.3, 0.4) is 0 Å². The fourth-order valence-electron chi connectivity index (χ4n) is 1.50. The third-order valence-corrected chi connectivity index (χ3v) is 2.52. The first kappa shape index (κ1) is 15.9. The molecular formula is C13H23O4-. The van der Waals surface area contributed by atoms with Crippen molar-refractivity contribution in [1.29, 1.82) is 0 Å². The van der Waals surface area contributed by atoms with Crippen molar-refractivity contribution >= 4 is 11.9 Å². The van der Waals surface area contributed by atoms with Crippen LogP contribution in [0.25, 0.3) is 0 Å². The summed E-state index contributed by atoms with van der Waals surface area (Å²) in [5.41, 5.74) is 0. The summed E-state index contributed by atoms with van der Waals surface area (Å²) in [6, 6.07) is 0. The minimum Gasteiger partial charge on any atom is -0.550 e. The van der Waals surface area contributed by atoms with Crippen LogP contribution in [0.15, 0.2) is 0 Å². The number of carboxylic acids is 1. The molecule has 4 nitrogen and oxygen atoms in total. The number of carboxylic acid groups (broad SMARTS) is 1. The van der Waals surface area contributed by atoms with Crippen molar-refractivity contribution in [3.63, 3.8) is 0 Å². The second-order valence-corrected chi connectivity index (χ2v) is 4.21. The first-order chi connectivity index (χ1) is 8.16. The van der Waals surface area contributed by atoms with E-state index in [1.54, 1.807) is 0 Å². The first-order valence-corrected chi connectivity index (χ1v) is 6.52. The van der Waals surface area contributed by atoms with Crippen molar-refractivity contribution in [3.05, 3.63) is 0 Å². The maximum atomic E-state index is 11.2. The van der Waals surface area contributed by atoms with E-state index >= 15 is 0 Å². The summed E-state index contributed by atoms with van der Waals surface area (Å²) in [6.45, 7) is 2.65. The molecule has 0 aliphatic rings. The van der Waals surface area contributed by atoms with E-state index in [9.17, 15) is 14.7 Å². The molecule has 0 unspecified atom stereocenters. The van der Waals surface area contributed by atoms with Gasteiger partial charge >= 0.3 is 5.97 Å². The number of unbranched alkanes of at least 4 members (excludes halogenated alkanes) is 5. The van der Waals surface area contributed by atoms with Gasteiger partial charge in [0.1, 0.15) is 0 Å². The molecule has 0 aromatic heterocycles. The fraction of sp³-hybridized carbons (Fsp3) is 0.846. The zero-order valence-electron chi connectivity index (χ0n) is 10.7. The average Bonchev–Trinajstić information content (AvgIpc) is 2.28. The zero-order chi connectivity index (χ0) is 12.9. The Morgan fingerprint density at radius 1 is 0.941 bits per heavy atom. The molecule has 4 heteroatoms. The average molecular weight is 243 g/mol. The van der Waals surface area contributed by atoms with Crippen LogP contribution in [0.4, 0.5) is 0 Å². The molecule has 0 amide bonds. The molecule has 0 bridgehead atoms. The Kier molecular flexibility index (Phi) is 10.7.